The number of nitrogen functional groups attached to an aromatic ring is 1. The molecule has 0 aliphatic rings. The van der Waals surface area contributed by atoms with Crippen LogP contribution in [-0.2, 0) is 21.5 Å². The highest BCUT2D eigenvalue weighted by Crippen LogP contribution is 2.22. The molecule has 0 aliphatic heterocycles. The molecule has 1 aromatic carbocycles. The lowest BCUT2D eigenvalue weighted by atomic mass is 10.0. The highest BCUT2D eigenvalue weighted by Gasteiger charge is 2.11. The second kappa shape index (κ2) is 13.2. The largest absolute Gasteiger partial charge is 0.370 e. The lowest BCUT2D eigenvalue weighted by molar-refractivity contribution is 0.698. The molecule has 0 atom stereocenters. The highest BCUT2D eigenvalue weighted by molar-refractivity contribution is 8.26. The number of nitrogens with one attached hydrogen (secondary N) is 1. The summed E-state index contributed by atoms with van der Waals surface area (Å²) < 4.78 is 9.09. The van der Waals surface area contributed by atoms with E-state index in [4.69, 9.17) is 21.5 Å². The van der Waals surface area contributed by atoms with Crippen LogP contribution in [0.1, 0.15) is 48.6 Å². The van der Waals surface area contributed by atoms with E-state index in [0.29, 0.717) is 11.8 Å². The van der Waals surface area contributed by atoms with Crippen molar-refractivity contribution >= 4 is 54.0 Å². The first-order valence-corrected chi connectivity index (χ1v) is 12.0. The fourth-order valence-electron chi connectivity index (χ4n) is 2.58. The molecule has 2 aromatic rings. The summed E-state index contributed by atoms with van der Waals surface area (Å²) in [5.74, 6) is 1.69. The zero-order valence-corrected chi connectivity index (χ0v) is 18.6. The van der Waals surface area contributed by atoms with Gasteiger partial charge in [-0.2, -0.15) is 4.98 Å². The molecule has 0 saturated carbocycles. The topological polar surface area (TPSA) is 80.9 Å². The van der Waals surface area contributed by atoms with E-state index in [1.54, 1.807) is 0 Å². The minimum atomic E-state index is -1.67. The van der Waals surface area contributed by atoms with Crippen LogP contribution in [0.2, 0.25) is 0 Å². The van der Waals surface area contributed by atoms with Crippen LogP contribution in [0.25, 0.3) is 0 Å². The molecule has 1 aromatic heterocycles. The molecule has 0 saturated heterocycles. The van der Waals surface area contributed by atoms with Gasteiger partial charge in [-0.05, 0) is 24.5 Å². The van der Waals surface area contributed by atoms with Crippen molar-refractivity contribution in [2.75, 3.05) is 17.6 Å². The van der Waals surface area contributed by atoms with E-state index in [2.05, 4.69) is 55.7 Å². The Labute approximate surface area is 177 Å². The molecule has 27 heavy (non-hydrogen) atoms. The average molecular weight is 452 g/mol. The third-order valence-corrected chi connectivity index (χ3v) is 4.14. The van der Waals surface area contributed by atoms with E-state index in [1.165, 1.54) is 18.4 Å². The van der Waals surface area contributed by atoms with Gasteiger partial charge in [-0.1, -0.05) is 44.0 Å². The van der Waals surface area contributed by atoms with Crippen molar-refractivity contribution < 1.29 is 4.21 Å². The van der Waals surface area contributed by atoms with Crippen LogP contribution < -0.4 is 11.1 Å². The number of hydrogen-bond acceptors (Lipinski definition) is 5. The number of alkyl halides is 1. The fraction of sp³-hybridized carbons (Fsp3) is 0.444. The van der Waals surface area contributed by atoms with E-state index in [9.17, 15) is 0 Å². The second-order valence-electron chi connectivity index (χ2n) is 5.94. The summed E-state index contributed by atoms with van der Waals surface area (Å²) in [6.07, 6.45) is 4.30. The van der Waals surface area contributed by atoms with Crippen molar-refractivity contribution in [3.05, 3.63) is 46.6 Å². The summed E-state index contributed by atoms with van der Waals surface area (Å²) in [7, 11) is 7.36. The number of rotatable bonds is 8. The molecule has 3 N–H and O–H groups in total. The summed E-state index contributed by atoms with van der Waals surface area (Å²) in [6, 6.07) is 8.30. The standard InChI is InChI=1S/C18H25ClN4.Cl2OS/c1-3-4-5-9-21-17-16(13(2)22-18(20)23-17)11-14-7-6-8-15(10-14)12-19;1-4(2)3/h6-8,10H,3-5,9,11-12H2,1-2H3,(H3,20,21,22,23);. The maximum absolute atomic E-state index is 9.09. The molecule has 0 radical (unpaired) electrons. The van der Waals surface area contributed by atoms with E-state index in [-0.39, 0.29) is 0 Å². The SMILES string of the molecule is CCCCCNc1nc(N)nc(C)c1Cc1cccc(CCl)c1.O=S(Cl)Cl. The predicted molar refractivity (Wildman–Crippen MR) is 118 cm³/mol. The molecule has 0 aliphatic carbocycles. The zero-order chi connectivity index (χ0) is 20.2. The Morgan fingerprint density at radius 3 is 2.48 bits per heavy atom. The van der Waals surface area contributed by atoms with Gasteiger partial charge in [0.15, 0.2) is 0 Å². The number of unbranched alkanes of at least 4 members (excludes halogenated alkanes) is 2. The van der Waals surface area contributed by atoms with Gasteiger partial charge in [0.25, 0.3) is 0 Å². The van der Waals surface area contributed by atoms with Gasteiger partial charge in [-0.15, -0.1) is 11.6 Å². The average Bonchev–Trinajstić information content (AvgIpc) is 2.61. The van der Waals surface area contributed by atoms with Crippen molar-refractivity contribution in [1.82, 2.24) is 9.97 Å². The van der Waals surface area contributed by atoms with Crippen LogP contribution >= 0.6 is 33.0 Å². The molecule has 0 spiro atoms. The normalized spacial score (nSPS) is 10.4. The number of aryl methyl sites for hydroxylation is 1. The number of aromatic nitrogens is 2. The maximum atomic E-state index is 9.09. The van der Waals surface area contributed by atoms with Crippen molar-refractivity contribution in [1.29, 1.82) is 0 Å². The number of benzene rings is 1. The van der Waals surface area contributed by atoms with E-state index in [1.807, 2.05) is 19.1 Å². The molecule has 0 unspecified atom stereocenters. The second-order valence-corrected chi connectivity index (χ2v) is 8.73. The van der Waals surface area contributed by atoms with Crippen LogP contribution in [0.4, 0.5) is 11.8 Å². The number of nitrogens with two attached hydrogens (primary N) is 1. The third-order valence-electron chi connectivity index (χ3n) is 3.83. The van der Waals surface area contributed by atoms with Gasteiger partial charge in [0.05, 0.1) is 0 Å². The lowest BCUT2D eigenvalue weighted by Gasteiger charge is -2.14. The zero-order valence-electron chi connectivity index (χ0n) is 15.5. The summed E-state index contributed by atoms with van der Waals surface area (Å²) in [4.78, 5) is 8.72. The van der Waals surface area contributed by atoms with Crippen LogP contribution in [0, 0.1) is 6.92 Å². The van der Waals surface area contributed by atoms with E-state index in [0.717, 1.165) is 42.0 Å². The highest BCUT2D eigenvalue weighted by atomic mass is 36.0. The number of hydrogen-bond donors (Lipinski definition) is 2. The van der Waals surface area contributed by atoms with Gasteiger partial charge in [0.1, 0.15) is 5.82 Å². The fourth-order valence-corrected chi connectivity index (χ4v) is 2.75. The molecule has 9 heteroatoms. The van der Waals surface area contributed by atoms with E-state index < -0.39 is 9.23 Å². The van der Waals surface area contributed by atoms with Crippen molar-refractivity contribution in [3.63, 3.8) is 0 Å². The first-order chi connectivity index (χ1) is 12.9. The monoisotopic (exact) mass is 450 g/mol. The van der Waals surface area contributed by atoms with Gasteiger partial charge in [0.2, 0.25) is 15.2 Å². The third kappa shape index (κ3) is 9.60. The molecule has 0 fully saturated rings. The molecule has 0 amide bonds. The number of anilines is 2. The van der Waals surface area contributed by atoms with Crippen LogP contribution in [0.3, 0.4) is 0 Å². The molecular weight excluding hydrogens is 427 g/mol. The van der Waals surface area contributed by atoms with Gasteiger partial charge in [-0.25, -0.2) is 9.19 Å². The van der Waals surface area contributed by atoms with Gasteiger partial charge in [0, 0.05) is 51.5 Å². The minimum absolute atomic E-state index is 0.318. The Balaban J connectivity index is 0.000000828. The molecule has 5 nitrogen and oxygen atoms in total. The van der Waals surface area contributed by atoms with E-state index >= 15 is 0 Å². The Morgan fingerprint density at radius 2 is 1.85 bits per heavy atom. The minimum Gasteiger partial charge on any atom is -0.370 e. The lowest BCUT2D eigenvalue weighted by Crippen LogP contribution is -2.11. The summed E-state index contributed by atoms with van der Waals surface area (Å²) in [6.45, 7) is 5.08. The summed E-state index contributed by atoms with van der Waals surface area (Å²) in [5, 5.41) is 3.42. The Bertz CT molecular complexity index is 743. The first-order valence-electron chi connectivity index (χ1n) is 8.62. The smallest absolute Gasteiger partial charge is 0.222 e. The molecule has 2 rings (SSSR count). The van der Waals surface area contributed by atoms with Gasteiger partial charge in [-0.3, -0.25) is 0 Å². The van der Waals surface area contributed by atoms with Crippen molar-refractivity contribution in [2.24, 2.45) is 0 Å². The van der Waals surface area contributed by atoms with Crippen LogP contribution in [-0.4, -0.2) is 20.7 Å². The Kier molecular flexibility index (Phi) is 11.7. The maximum Gasteiger partial charge on any atom is 0.222 e. The Morgan fingerprint density at radius 1 is 1.19 bits per heavy atom. The van der Waals surface area contributed by atoms with Gasteiger partial charge < -0.3 is 11.1 Å². The van der Waals surface area contributed by atoms with Crippen LogP contribution in [0.5, 0.6) is 0 Å². The summed E-state index contributed by atoms with van der Waals surface area (Å²) in [5.41, 5.74) is 10.2. The van der Waals surface area contributed by atoms with Gasteiger partial charge >= 0.3 is 0 Å². The predicted octanol–water partition coefficient (Wildman–Crippen LogP) is 5.34. The van der Waals surface area contributed by atoms with Crippen LogP contribution in [0.15, 0.2) is 24.3 Å². The van der Waals surface area contributed by atoms with Crippen molar-refractivity contribution in [3.8, 4) is 0 Å². The molecule has 0 bridgehead atoms. The Hall–Kier alpha value is -1.08. The van der Waals surface area contributed by atoms with Crippen molar-refractivity contribution in [2.45, 2.75) is 45.4 Å². The molecular formula is C18H25Cl3N4OS. The quantitative estimate of drug-likeness (QED) is 0.321. The summed E-state index contributed by atoms with van der Waals surface area (Å²) >= 11 is 5.93. The molecule has 1 heterocycles. The number of halogens is 3. The molecule has 150 valence electrons. The first kappa shape index (κ1) is 24.0. The number of nitrogens with zero attached hydrogens (tertiary/aromatic N) is 2.